The molecule has 0 amide bonds. The molecule has 3 nitrogen and oxygen atoms in total. The second-order valence-electron chi connectivity index (χ2n) is 6.07. The summed E-state index contributed by atoms with van der Waals surface area (Å²) in [5.41, 5.74) is 0.178. The van der Waals surface area contributed by atoms with E-state index >= 15 is 0 Å². The second-order valence-corrected chi connectivity index (χ2v) is 6.07. The van der Waals surface area contributed by atoms with Crippen LogP contribution in [0.4, 0.5) is 13.2 Å². The maximum Gasteiger partial charge on any atom is 0.522 e. The molecule has 1 aliphatic heterocycles. The van der Waals surface area contributed by atoms with Crippen molar-refractivity contribution in [1.29, 1.82) is 0 Å². The first-order valence-corrected chi connectivity index (χ1v) is 6.87. The Hall–Kier alpha value is -0.330. The molecule has 1 aliphatic carbocycles. The Labute approximate surface area is 112 Å². The van der Waals surface area contributed by atoms with Crippen molar-refractivity contribution in [3.8, 4) is 0 Å². The Morgan fingerprint density at radius 2 is 2.00 bits per heavy atom. The van der Waals surface area contributed by atoms with Gasteiger partial charge in [-0.25, -0.2) is 0 Å². The molecule has 1 heterocycles. The van der Waals surface area contributed by atoms with Crippen molar-refractivity contribution >= 4 is 0 Å². The molecule has 2 rings (SSSR count). The van der Waals surface area contributed by atoms with Crippen LogP contribution in [0.5, 0.6) is 0 Å². The van der Waals surface area contributed by atoms with Crippen LogP contribution in [0.3, 0.4) is 0 Å². The Morgan fingerprint density at radius 1 is 1.32 bits per heavy atom. The predicted octanol–water partition coefficient (Wildman–Crippen LogP) is 2.80. The van der Waals surface area contributed by atoms with Crippen LogP contribution in [-0.2, 0) is 9.47 Å². The van der Waals surface area contributed by atoms with Gasteiger partial charge in [0.2, 0.25) is 0 Å². The van der Waals surface area contributed by atoms with E-state index in [1.54, 1.807) is 0 Å². The molecule has 0 unspecified atom stereocenters. The normalized spacial score (nSPS) is 27.2. The van der Waals surface area contributed by atoms with Crippen molar-refractivity contribution in [1.82, 2.24) is 4.90 Å². The van der Waals surface area contributed by atoms with Gasteiger partial charge in [-0.2, -0.15) is 0 Å². The summed E-state index contributed by atoms with van der Waals surface area (Å²) in [6, 6.07) is 0. The third kappa shape index (κ3) is 4.93. The molecule has 0 spiro atoms. The Bertz CT molecular complexity index is 303. The largest absolute Gasteiger partial charge is 0.522 e. The van der Waals surface area contributed by atoms with E-state index in [0.29, 0.717) is 26.1 Å². The molecular weight excluding hydrogens is 259 g/mol. The molecule has 0 aromatic heterocycles. The first-order valence-electron chi connectivity index (χ1n) is 6.87. The maximum absolute atomic E-state index is 12.1. The molecule has 0 radical (unpaired) electrons. The van der Waals surface area contributed by atoms with E-state index < -0.39 is 12.5 Å². The van der Waals surface area contributed by atoms with Crippen molar-refractivity contribution in [2.75, 3.05) is 26.2 Å². The monoisotopic (exact) mass is 281 g/mol. The van der Waals surface area contributed by atoms with Gasteiger partial charge in [-0.15, -0.1) is 13.2 Å². The number of hydrogen-bond donors (Lipinski definition) is 0. The summed E-state index contributed by atoms with van der Waals surface area (Å²) in [6.07, 6.45) is -2.33. The van der Waals surface area contributed by atoms with E-state index in [9.17, 15) is 13.2 Å². The molecule has 0 N–H and O–H groups in total. The van der Waals surface area contributed by atoms with Gasteiger partial charge in [-0.3, -0.25) is 4.74 Å². The lowest BCUT2D eigenvalue weighted by Crippen LogP contribution is -2.33. The van der Waals surface area contributed by atoms with Gasteiger partial charge in [0.05, 0.1) is 18.8 Å². The third-order valence-electron chi connectivity index (χ3n) is 3.77. The molecular formula is C13H22F3NO2. The summed E-state index contributed by atoms with van der Waals surface area (Å²) in [7, 11) is 0. The van der Waals surface area contributed by atoms with E-state index in [1.165, 1.54) is 0 Å². The number of halogens is 3. The summed E-state index contributed by atoms with van der Waals surface area (Å²) in [5.74, 6) is 0. The van der Waals surface area contributed by atoms with E-state index in [4.69, 9.17) is 4.74 Å². The summed E-state index contributed by atoms with van der Waals surface area (Å²) in [4.78, 5) is 2.08. The highest BCUT2D eigenvalue weighted by molar-refractivity contribution is 4.97. The van der Waals surface area contributed by atoms with E-state index in [2.05, 4.69) is 9.64 Å². The molecule has 2 aliphatic rings. The van der Waals surface area contributed by atoms with Gasteiger partial charge < -0.3 is 9.64 Å². The zero-order valence-corrected chi connectivity index (χ0v) is 11.5. The molecule has 1 saturated carbocycles. The summed E-state index contributed by atoms with van der Waals surface area (Å²) >= 11 is 0. The topological polar surface area (TPSA) is 21.7 Å². The molecule has 6 heteroatoms. The molecule has 0 aromatic rings. The third-order valence-corrected chi connectivity index (χ3v) is 3.77. The summed E-state index contributed by atoms with van der Waals surface area (Å²) in [5, 5.41) is 0. The number of rotatable bonds is 6. The van der Waals surface area contributed by atoms with Gasteiger partial charge in [-0.1, -0.05) is 0 Å². The Balaban J connectivity index is 1.73. The molecule has 1 saturated heterocycles. The zero-order chi connectivity index (χ0) is 14.1. The average Bonchev–Trinajstić information content (AvgIpc) is 2.89. The first-order chi connectivity index (χ1) is 8.78. The van der Waals surface area contributed by atoms with Crippen LogP contribution in [0.2, 0.25) is 0 Å². The highest BCUT2D eigenvalue weighted by Crippen LogP contribution is 2.47. The van der Waals surface area contributed by atoms with Crippen LogP contribution < -0.4 is 0 Å². The van der Waals surface area contributed by atoms with Crippen LogP contribution in [0.15, 0.2) is 0 Å². The van der Waals surface area contributed by atoms with Crippen LogP contribution in [0, 0.1) is 5.41 Å². The molecule has 112 valence electrons. The number of ether oxygens (including phenoxy) is 2. The van der Waals surface area contributed by atoms with Crippen molar-refractivity contribution in [3.05, 3.63) is 0 Å². The number of hydrogen-bond acceptors (Lipinski definition) is 3. The molecule has 19 heavy (non-hydrogen) atoms. The Kier molecular flexibility index (Phi) is 4.42. The van der Waals surface area contributed by atoms with Crippen molar-refractivity contribution in [3.63, 3.8) is 0 Å². The van der Waals surface area contributed by atoms with Gasteiger partial charge in [-0.05, 0) is 33.1 Å². The van der Waals surface area contributed by atoms with E-state index in [0.717, 1.165) is 19.4 Å². The van der Waals surface area contributed by atoms with Gasteiger partial charge >= 0.3 is 6.36 Å². The average molecular weight is 281 g/mol. The van der Waals surface area contributed by atoms with Gasteiger partial charge in [0.15, 0.2) is 0 Å². The maximum atomic E-state index is 12.1. The first kappa shape index (κ1) is 15.1. The van der Waals surface area contributed by atoms with Crippen LogP contribution >= 0.6 is 0 Å². The fraction of sp³-hybridized carbons (Fsp3) is 1.00. The van der Waals surface area contributed by atoms with Crippen molar-refractivity contribution < 1.29 is 22.6 Å². The lowest BCUT2D eigenvalue weighted by atomic mass is 10.1. The molecule has 2 fully saturated rings. The van der Waals surface area contributed by atoms with Gasteiger partial charge in [0.25, 0.3) is 0 Å². The number of alkyl halides is 3. The van der Waals surface area contributed by atoms with Crippen molar-refractivity contribution in [2.45, 2.75) is 51.7 Å². The van der Waals surface area contributed by atoms with Crippen LogP contribution in [0.25, 0.3) is 0 Å². The smallest absolute Gasteiger partial charge is 0.378 e. The standard InChI is InChI=1S/C13H22F3NO2/c1-10(2)18-9-12(4-5-12)8-17-6-3-11(7-17)19-13(14,15)16/h10-11H,3-9H2,1-2H3/t11-/m0/s1. The fourth-order valence-electron chi connectivity index (χ4n) is 2.57. The summed E-state index contributed by atoms with van der Waals surface area (Å²) < 4.78 is 46.1. The van der Waals surface area contributed by atoms with E-state index in [-0.39, 0.29) is 11.5 Å². The lowest BCUT2D eigenvalue weighted by Gasteiger charge is -2.24. The molecule has 0 bridgehead atoms. The zero-order valence-electron chi connectivity index (χ0n) is 11.5. The SMILES string of the molecule is CC(C)OCC1(CN2CC[C@H](OC(F)(F)F)C2)CC1. The minimum Gasteiger partial charge on any atom is -0.378 e. The highest BCUT2D eigenvalue weighted by atomic mass is 19.4. The quantitative estimate of drug-likeness (QED) is 0.747. The Morgan fingerprint density at radius 3 is 2.53 bits per heavy atom. The predicted molar refractivity (Wildman–Crippen MR) is 64.7 cm³/mol. The number of likely N-dealkylation sites (tertiary alicyclic amines) is 1. The van der Waals surface area contributed by atoms with Gasteiger partial charge in [0.1, 0.15) is 0 Å². The van der Waals surface area contributed by atoms with Crippen LogP contribution in [-0.4, -0.2) is 49.7 Å². The minimum absolute atomic E-state index is 0.178. The number of nitrogens with zero attached hydrogens (tertiary/aromatic N) is 1. The van der Waals surface area contributed by atoms with Crippen LogP contribution in [0.1, 0.15) is 33.1 Å². The summed E-state index contributed by atoms with van der Waals surface area (Å²) in [6.45, 7) is 6.61. The molecule has 1 atom stereocenters. The second kappa shape index (κ2) is 5.58. The fourth-order valence-corrected chi connectivity index (χ4v) is 2.57. The molecule has 0 aromatic carbocycles. The highest BCUT2D eigenvalue weighted by Gasteiger charge is 2.46. The minimum atomic E-state index is -4.52. The van der Waals surface area contributed by atoms with Crippen molar-refractivity contribution in [2.24, 2.45) is 5.41 Å². The van der Waals surface area contributed by atoms with E-state index in [1.807, 2.05) is 13.8 Å². The van der Waals surface area contributed by atoms with Gasteiger partial charge in [0, 0.05) is 25.0 Å². The lowest BCUT2D eigenvalue weighted by molar-refractivity contribution is -0.340.